The number of methoxy groups -OCH3 is 3. The van der Waals surface area contributed by atoms with Gasteiger partial charge in [-0.15, -0.1) is 0 Å². The zero-order chi connectivity index (χ0) is 23.1. The van der Waals surface area contributed by atoms with Crippen molar-refractivity contribution >= 4 is 16.7 Å². The average molecular weight is 454 g/mol. The molecule has 3 rings (SSSR count). The van der Waals surface area contributed by atoms with Gasteiger partial charge in [0.25, 0.3) is 0 Å². The van der Waals surface area contributed by atoms with Crippen molar-refractivity contribution < 1.29 is 23.2 Å². The molecule has 168 valence electrons. The predicted molar refractivity (Wildman–Crippen MR) is 125 cm³/mol. The molecule has 32 heavy (non-hydrogen) atoms. The Kier molecular flexibility index (Phi) is 7.53. The van der Waals surface area contributed by atoms with E-state index in [1.54, 1.807) is 56.5 Å². The molecule has 6 nitrogen and oxygen atoms in total. The van der Waals surface area contributed by atoms with Crippen LogP contribution in [-0.2, 0) is 26.9 Å². The van der Waals surface area contributed by atoms with Crippen LogP contribution in [0.2, 0.25) is 0 Å². The summed E-state index contributed by atoms with van der Waals surface area (Å²) in [6.07, 6.45) is 0. The summed E-state index contributed by atoms with van der Waals surface area (Å²) in [5, 5.41) is 2.95. The van der Waals surface area contributed by atoms with Crippen molar-refractivity contribution in [3.8, 4) is 17.2 Å². The monoisotopic (exact) mass is 453 g/mol. The Morgan fingerprint density at radius 1 is 0.844 bits per heavy atom. The SMILES string of the molecule is COc1cccc(CNC(=O)C(C)(c2cc(OC)cc(OC)c2)S(=O)c2ccccc2)c1. The molecule has 0 saturated carbocycles. The van der Waals surface area contributed by atoms with Crippen LogP contribution >= 0.6 is 0 Å². The van der Waals surface area contributed by atoms with Crippen molar-refractivity contribution in [2.24, 2.45) is 0 Å². The van der Waals surface area contributed by atoms with Crippen LogP contribution in [0.25, 0.3) is 0 Å². The fourth-order valence-corrected chi connectivity index (χ4v) is 4.77. The number of ether oxygens (including phenoxy) is 3. The normalized spacial score (nSPS) is 13.5. The number of benzene rings is 3. The summed E-state index contributed by atoms with van der Waals surface area (Å²) in [4.78, 5) is 14.1. The lowest BCUT2D eigenvalue weighted by molar-refractivity contribution is -0.123. The summed E-state index contributed by atoms with van der Waals surface area (Å²) in [5.74, 6) is 1.34. The molecular weight excluding hydrogens is 426 g/mol. The van der Waals surface area contributed by atoms with Gasteiger partial charge < -0.3 is 19.5 Å². The molecule has 1 N–H and O–H groups in total. The van der Waals surface area contributed by atoms with Gasteiger partial charge in [0.1, 0.15) is 17.2 Å². The van der Waals surface area contributed by atoms with E-state index in [0.29, 0.717) is 27.7 Å². The van der Waals surface area contributed by atoms with Gasteiger partial charge in [-0.1, -0.05) is 30.3 Å². The van der Waals surface area contributed by atoms with Gasteiger partial charge >= 0.3 is 0 Å². The van der Waals surface area contributed by atoms with Crippen molar-refractivity contribution in [2.45, 2.75) is 23.1 Å². The molecule has 0 aliphatic carbocycles. The van der Waals surface area contributed by atoms with E-state index in [2.05, 4.69) is 5.32 Å². The molecule has 3 aromatic rings. The molecule has 0 spiro atoms. The Balaban J connectivity index is 2.02. The highest BCUT2D eigenvalue weighted by Crippen LogP contribution is 2.37. The number of carbonyl (C=O) groups is 1. The molecule has 7 heteroatoms. The van der Waals surface area contributed by atoms with E-state index >= 15 is 0 Å². The smallest absolute Gasteiger partial charge is 0.243 e. The van der Waals surface area contributed by atoms with E-state index in [1.807, 2.05) is 30.3 Å². The first kappa shape index (κ1) is 23.3. The summed E-state index contributed by atoms with van der Waals surface area (Å²) in [6, 6.07) is 21.5. The van der Waals surface area contributed by atoms with Crippen LogP contribution in [0, 0.1) is 0 Å². The van der Waals surface area contributed by atoms with Gasteiger partial charge in [0.2, 0.25) is 5.91 Å². The summed E-state index contributed by atoms with van der Waals surface area (Å²) in [6.45, 7) is 1.93. The number of hydrogen-bond acceptors (Lipinski definition) is 5. The highest BCUT2D eigenvalue weighted by atomic mass is 32.2. The summed E-state index contributed by atoms with van der Waals surface area (Å²) in [7, 11) is 2.96. The number of carbonyl (C=O) groups excluding carboxylic acids is 1. The molecule has 0 aromatic heterocycles. The number of nitrogens with one attached hydrogen (secondary N) is 1. The lowest BCUT2D eigenvalue weighted by Crippen LogP contribution is -2.45. The molecule has 0 aliphatic heterocycles. The maximum Gasteiger partial charge on any atom is 0.243 e. The van der Waals surface area contributed by atoms with Gasteiger partial charge in [-0.3, -0.25) is 9.00 Å². The van der Waals surface area contributed by atoms with Crippen LogP contribution in [0.3, 0.4) is 0 Å². The van der Waals surface area contributed by atoms with E-state index in [9.17, 15) is 9.00 Å². The van der Waals surface area contributed by atoms with Crippen LogP contribution in [0.1, 0.15) is 18.1 Å². The van der Waals surface area contributed by atoms with Crippen molar-refractivity contribution in [3.05, 3.63) is 83.9 Å². The molecule has 0 heterocycles. The minimum absolute atomic E-state index is 0.263. The maximum absolute atomic E-state index is 13.8. The van der Waals surface area contributed by atoms with E-state index in [-0.39, 0.29) is 12.5 Å². The Labute approximate surface area is 191 Å². The number of amides is 1. The third-order valence-electron chi connectivity index (χ3n) is 5.25. The third-order valence-corrected chi connectivity index (χ3v) is 7.11. The Bertz CT molecular complexity index is 1080. The molecule has 0 bridgehead atoms. The maximum atomic E-state index is 13.8. The van der Waals surface area contributed by atoms with Crippen molar-refractivity contribution in [3.63, 3.8) is 0 Å². The Morgan fingerprint density at radius 2 is 1.47 bits per heavy atom. The summed E-state index contributed by atoms with van der Waals surface area (Å²) >= 11 is 0. The fourth-order valence-electron chi connectivity index (χ4n) is 3.32. The molecule has 2 atom stereocenters. The standard InChI is InChI=1S/C25H27NO5S/c1-25(32(28)23-11-6-5-7-12-23,19-14-21(30-3)16-22(15-19)31-4)24(27)26-17-18-9-8-10-20(13-18)29-2/h5-16H,17H2,1-4H3,(H,26,27). The first-order valence-corrected chi connectivity index (χ1v) is 11.2. The van der Waals surface area contributed by atoms with Crippen LogP contribution in [0.15, 0.2) is 77.7 Å². The Hall–Kier alpha value is -3.32. The summed E-state index contributed by atoms with van der Waals surface area (Å²) in [5.41, 5.74) is 1.40. The first-order chi connectivity index (χ1) is 15.4. The molecule has 0 radical (unpaired) electrons. The van der Waals surface area contributed by atoms with E-state index < -0.39 is 15.5 Å². The molecule has 0 aliphatic rings. The minimum Gasteiger partial charge on any atom is -0.497 e. The largest absolute Gasteiger partial charge is 0.497 e. The van der Waals surface area contributed by atoms with Crippen LogP contribution in [0.5, 0.6) is 17.2 Å². The van der Waals surface area contributed by atoms with E-state index in [1.165, 1.54) is 14.2 Å². The second kappa shape index (κ2) is 10.3. The molecular formula is C25H27NO5S. The van der Waals surface area contributed by atoms with Crippen molar-refractivity contribution in [2.75, 3.05) is 21.3 Å². The zero-order valence-electron chi connectivity index (χ0n) is 18.6. The molecule has 2 unspecified atom stereocenters. The van der Waals surface area contributed by atoms with Gasteiger partial charge in [-0.2, -0.15) is 0 Å². The second-order valence-electron chi connectivity index (χ2n) is 7.25. The van der Waals surface area contributed by atoms with Gasteiger partial charge in [0.05, 0.1) is 32.1 Å². The van der Waals surface area contributed by atoms with E-state index in [0.717, 1.165) is 5.56 Å². The van der Waals surface area contributed by atoms with Crippen LogP contribution < -0.4 is 19.5 Å². The van der Waals surface area contributed by atoms with Gasteiger partial charge in [0, 0.05) is 17.5 Å². The molecule has 0 fully saturated rings. The lowest BCUT2D eigenvalue weighted by Gasteiger charge is -2.29. The topological polar surface area (TPSA) is 73.9 Å². The van der Waals surface area contributed by atoms with Crippen LogP contribution in [0.4, 0.5) is 0 Å². The first-order valence-electron chi connectivity index (χ1n) is 10.0. The predicted octanol–water partition coefficient (Wildman–Crippen LogP) is 4.05. The van der Waals surface area contributed by atoms with Gasteiger partial charge in [0.15, 0.2) is 4.75 Å². The number of rotatable bonds is 9. The minimum atomic E-state index is -1.70. The highest BCUT2D eigenvalue weighted by molar-refractivity contribution is 7.86. The molecule has 3 aromatic carbocycles. The van der Waals surface area contributed by atoms with Gasteiger partial charge in [-0.05, 0) is 54.4 Å². The van der Waals surface area contributed by atoms with Crippen molar-refractivity contribution in [1.29, 1.82) is 0 Å². The number of hydrogen-bond donors (Lipinski definition) is 1. The lowest BCUT2D eigenvalue weighted by atomic mass is 9.98. The zero-order valence-corrected chi connectivity index (χ0v) is 19.4. The van der Waals surface area contributed by atoms with Gasteiger partial charge in [-0.25, -0.2) is 0 Å². The second-order valence-corrected chi connectivity index (χ2v) is 9.08. The fraction of sp³-hybridized carbons (Fsp3) is 0.240. The average Bonchev–Trinajstić information content (AvgIpc) is 2.86. The van der Waals surface area contributed by atoms with Crippen molar-refractivity contribution in [1.82, 2.24) is 5.32 Å². The summed E-state index contributed by atoms with van der Waals surface area (Å²) < 4.78 is 28.4. The van der Waals surface area contributed by atoms with Crippen LogP contribution in [-0.4, -0.2) is 31.4 Å². The highest BCUT2D eigenvalue weighted by Gasteiger charge is 2.43. The quantitative estimate of drug-likeness (QED) is 0.529. The molecule has 0 saturated heterocycles. The molecule has 1 amide bonds. The Morgan fingerprint density at radius 3 is 2.06 bits per heavy atom. The third kappa shape index (κ3) is 4.94. The van der Waals surface area contributed by atoms with E-state index in [4.69, 9.17) is 14.2 Å².